The Morgan fingerprint density at radius 3 is 2.90 bits per heavy atom. The molecular weight excluding hydrogens is 266 g/mol. The first-order valence-electron chi connectivity index (χ1n) is 7.88. The summed E-state index contributed by atoms with van der Waals surface area (Å²) >= 11 is 0. The zero-order valence-electron chi connectivity index (χ0n) is 13.2. The third-order valence-electron chi connectivity index (χ3n) is 3.84. The molecule has 1 aliphatic heterocycles. The van der Waals surface area contributed by atoms with Crippen molar-refractivity contribution in [1.29, 1.82) is 0 Å². The van der Waals surface area contributed by atoms with E-state index < -0.39 is 6.04 Å². The van der Waals surface area contributed by atoms with Crippen molar-refractivity contribution in [2.24, 2.45) is 5.73 Å². The van der Waals surface area contributed by atoms with E-state index in [2.05, 4.69) is 23.1 Å². The van der Waals surface area contributed by atoms with Gasteiger partial charge in [-0.25, -0.2) is 0 Å². The topological polar surface area (TPSA) is 67.4 Å². The second kappa shape index (κ2) is 7.56. The van der Waals surface area contributed by atoms with Crippen molar-refractivity contribution in [3.05, 3.63) is 18.0 Å². The zero-order valence-corrected chi connectivity index (χ0v) is 13.2. The molecule has 1 aromatic heterocycles. The van der Waals surface area contributed by atoms with Gasteiger partial charge in [-0.1, -0.05) is 6.92 Å². The lowest BCUT2D eigenvalue weighted by Crippen LogP contribution is -2.43. The van der Waals surface area contributed by atoms with Crippen LogP contribution in [0, 0.1) is 0 Å². The fourth-order valence-electron chi connectivity index (χ4n) is 2.74. The molecule has 118 valence electrons. The summed E-state index contributed by atoms with van der Waals surface area (Å²) in [6, 6.07) is -0.399. The van der Waals surface area contributed by atoms with Gasteiger partial charge in [0.2, 0.25) is 5.91 Å². The van der Waals surface area contributed by atoms with Crippen molar-refractivity contribution in [2.75, 3.05) is 26.2 Å². The number of nitrogens with zero attached hydrogens (tertiary/aromatic N) is 4. The van der Waals surface area contributed by atoms with Gasteiger partial charge in [0.15, 0.2) is 0 Å². The van der Waals surface area contributed by atoms with Crippen molar-refractivity contribution in [3.8, 4) is 0 Å². The molecule has 1 aromatic rings. The molecular formula is C15H27N5O. The molecule has 1 fully saturated rings. The molecule has 1 saturated heterocycles. The first-order chi connectivity index (χ1) is 10.1. The summed E-state index contributed by atoms with van der Waals surface area (Å²) in [4.78, 5) is 16.2. The molecule has 0 aliphatic carbocycles. The van der Waals surface area contributed by atoms with E-state index in [1.54, 1.807) is 6.92 Å². The Hall–Kier alpha value is -1.40. The van der Waals surface area contributed by atoms with Gasteiger partial charge in [0, 0.05) is 51.0 Å². The molecule has 2 N–H and O–H groups in total. The summed E-state index contributed by atoms with van der Waals surface area (Å²) < 4.78 is 2.00. The molecule has 1 atom stereocenters. The van der Waals surface area contributed by atoms with Gasteiger partial charge in [-0.05, 0) is 19.8 Å². The van der Waals surface area contributed by atoms with Crippen LogP contribution in [0.5, 0.6) is 0 Å². The first kappa shape index (κ1) is 16.0. The van der Waals surface area contributed by atoms with Crippen LogP contribution >= 0.6 is 0 Å². The quantitative estimate of drug-likeness (QED) is 0.866. The molecule has 0 unspecified atom stereocenters. The van der Waals surface area contributed by atoms with Crippen LogP contribution in [0.1, 0.15) is 32.3 Å². The van der Waals surface area contributed by atoms with E-state index in [0.717, 1.165) is 52.1 Å². The molecule has 21 heavy (non-hydrogen) atoms. The zero-order chi connectivity index (χ0) is 15.2. The van der Waals surface area contributed by atoms with Crippen molar-refractivity contribution in [2.45, 2.75) is 45.8 Å². The van der Waals surface area contributed by atoms with Crippen LogP contribution in [0.4, 0.5) is 0 Å². The molecule has 0 saturated carbocycles. The fraction of sp³-hybridized carbons (Fsp3) is 0.733. The first-order valence-corrected chi connectivity index (χ1v) is 7.88. The summed E-state index contributed by atoms with van der Waals surface area (Å²) in [6.07, 6.45) is 6.17. The monoisotopic (exact) mass is 293 g/mol. The third kappa shape index (κ3) is 4.54. The molecule has 1 aliphatic rings. The van der Waals surface area contributed by atoms with E-state index in [1.165, 1.54) is 5.56 Å². The average Bonchev–Trinajstić information content (AvgIpc) is 2.75. The maximum atomic E-state index is 12.0. The smallest absolute Gasteiger partial charge is 0.239 e. The van der Waals surface area contributed by atoms with Gasteiger partial charge in [0.1, 0.15) is 0 Å². The molecule has 0 bridgehead atoms. The SMILES string of the molecule is CCCn1cc(CN2CCCN(C(=O)[C@@H](C)N)CC2)cn1. The highest BCUT2D eigenvalue weighted by Gasteiger charge is 2.21. The van der Waals surface area contributed by atoms with Crippen LogP contribution in [-0.2, 0) is 17.9 Å². The van der Waals surface area contributed by atoms with Crippen molar-refractivity contribution >= 4 is 5.91 Å². The minimum atomic E-state index is -0.399. The average molecular weight is 293 g/mol. The predicted molar refractivity (Wildman–Crippen MR) is 82.6 cm³/mol. The number of hydrogen-bond acceptors (Lipinski definition) is 4. The van der Waals surface area contributed by atoms with E-state index in [0.29, 0.717) is 0 Å². The van der Waals surface area contributed by atoms with E-state index in [9.17, 15) is 4.79 Å². The Bertz CT molecular complexity index is 457. The highest BCUT2D eigenvalue weighted by atomic mass is 16.2. The number of rotatable bonds is 5. The minimum Gasteiger partial charge on any atom is -0.340 e. The maximum absolute atomic E-state index is 12.0. The highest BCUT2D eigenvalue weighted by molar-refractivity contribution is 5.81. The Morgan fingerprint density at radius 2 is 2.19 bits per heavy atom. The predicted octanol–water partition coefficient (Wildman–Crippen LogP) is 0.675. The van der Waals surface area contributed by atoms with Gasteiger partial charge in [-0.2, -0.15) is 5.10 Å². The van der Waals surface area contributed by atoms with E-state index in [-0.39, 0.29) is 5.91 Å². The van der Waals surface area contributed by atoms with Crippen LogP contribution in [0.3, 0.4) is 0 Å². The number of nitrogens with two attached hydrogens (primary N) is 1. The normalized spacial score (nSPS) is 18.5. The second-order valence-corrected chi connectivity index (χ2v) is 5.86. The number of amides is 1. The van der Waals surface area contributed by atoms with Crippen LogP contribution in [0.25, 0.3) is 0 Å². The lowest BCUT2D eigenvalue weighted by Gasteiger charge is -2.23. The molecule has 2 rings (SSSR count). The molecule has 0 aromatic carbocycles. The second-order valence-electron chi connectivity index (χ2n) is 5.86. The van der Waals surface area contributed by atoms with Gasteiger partial charge < -0.3 is 10.6 Å². The van der Waals surface area contributed by atoms with Crippen molar-refractivity contribution in [3.63, 3.8) is 0 Å². The summed E-state index contributed by atoms with van der Waals surface area (Å²) in [5.74, 6) is 0.0626. The Morgan fingerprint density at radius 1 is 1.38 bits per heavy atom. The van der Waals surface area contributed by atoms with E-state index in [4.69, 9.17) is 5.73 Å². The van der Waals surface area contributed by atoms with Crippen molar-refractivity contribution in [1.82, 2.24) is 19.6 Å². The number of aromatic nitrogens is 2. The van der Waals surface area contributed by atoms with Crippen LogP contribution < -0.4 is 5.73 Å². The summed E-state index contributed by atoms with van der Waals surface area (Å²) in [7, 11) is 0. The number of carbonyl (C=O) groups excluding carboxylic acids is 1. The van der Waals surface area contributed by atoms with Crippen LogP contribution in [-0.4, -0.2) is 57.7 Å². The summed E-state index contributed by atoms with van der Waals surface area (Å²) in [5, 5.41) is 4.37. The van der Waals surface area contributed by atoms with Crippen molar-refractivity contribution < 1.29 is 4.79 Å². The minimum absolute atomic E-state index is 0.0626. The third-order valence-corrected chi connectivity index (χ3v) is 3.84. The highest BCUT2D eigenvalue weighted by Crippen LogP contribution is 2.09. The number of aryl methyl sites for hydroxylation is 1. The molecule has 0 radical (unpaired) electrons. The molecule has 6 nitrogen and oxygen atoms in total. The largest absolute Gasteiger partial charge is 0.340 e. The Balaban J connectivity index is 1.86. The van der Waals surface area contributed by atoms with Gasteiger partial charge >= 0.3 is 0 Å². The van der Waals surface area contributed by atoms with Gasteiger partial charge in [0.05, 0.1) is 12.2 Å². The maximum Gasteiger partial charge on any atom is 0.239 e. The lowest BCUT2D eigenvalue weighted by atomic mass is 10.3. The molecule has 2 heterocycles. The van der Waals surface area contributed by atoms with Gasteiger partial charge in [-0.15, -0.1) is 0 Å². The standard InChI is InChI=1S/C15H27N5O/c1-3-5-20-12-14(10-17-20)11-18-6-4-7-19(9-8-18)15(21)13(2)16/h10,12-13H,3-9,11,16H2,1-2H3/t13-/m1/s1. The molecule has 0 spiro atoms. The molecule has 1 amide bonds. The van der Waals surface area contributed by atoms with Gasteiger partial charge in [0.25, 0.3) is 0 Å². The van der Waals surface area contributed by atoms with E-state index >= 15 is 0 Å². The Kier molecular flexibility index (Phi) is 5.76. The lowest BCUT2D eigenvalue weighted by molar-refractivity contribution is -0.132. The van der Waals surface area contributed by atoms with Crippen LogP contribution in [0.2, 0.25) is 0 Å². The Labute approximate surface area is 126 Å². The van der Waals surface area contributed by atoms with E-state index in [1.807, 2.05) is 15.8 Å². The summed E-state index contributed by atoms with van der Waals surface area (Å²) in [6.45, 7) is 9.28. The number of hydrogen-bond donors (Lipinski definition) is 1. The van der Waals surface area contributed by atoms with Gasteiger partial charge in [-0.3, -0.25) is 14.4 Å². The van der Waals surface area contributed by atoms with Crippen LogP contribution in [0.15, 0.2) is 12.4 Å². The fourth-order valence-corrected chi connectivity index (χ4v) is 2.74. The summed E-state index contributed by atoms with van der Waals surface area (Å²) in [5.41, 5.74) is 6.94. The number of carbonyl (C=O) groups is 1. The molecule has 6 heteroatoms.